The molecule has 0 saturated carbocycles. The molecular weight excluding hydrogens is 209 g/mol. The first kappa shape index (κ1) is 9.11. The molecule has 2 aromatic heterocycles. The number of hydrogen-bond donors (Lipinski definition) is 2. The Balaban J connectivity index is 2.53. The molecule has 0 aliphatic heterocycles. The van der Waals surface area contributed by atoms with Crippen LogP contribution in [0.1, 0.15) is 0 Å². The minimum Gasteiger partial charge on any atom is -0.312 e. The molecule has 80 valence electrons. The first-order valence-electron chi connectivity index (χ1n) is 4.82. The fourth-order valence-electron chi connectivity index (χ4n) is 1.86. The van der Waals surface area contributed by atoms with Crippen LogP contribution in [0.5, 0.6) is 0 Å². The van der Waals surface area contributed by atoms with E-state index in [2.05, 4.69) is 10.4 Å². The van der Waals surface area contributed by atoms with E-state index in [0.717, 1.165) is 11.0 Å². The van der Waals surface area contributed by atoms with Crippen LogP contribution in [0, 0.1) is 5.82 Å². The molecule has 0 radical (unpaired) electrons. The van der Waals surface area contributed by atoms with Gasteiger partial charge in [0.15, 0.2) is 5.82 Å². The van der Waals surface area contributed by atoms with E-state index in [0.29, 0.717) is 11.3 Å². The number of benzene rings is 1. The molecule has 0 saturated heterocycles. The molecule has 2 heterocycles. The average molecular weight is 218 g/mol. The monoisotopic (exact) mass is 218 g/mol. The predicted octanol–water partition coefficient (Wildman–Crippen LogP) is 1.91. The fraction of sp³-hybridized carbons (Fsp3) is 0. The van der Waals surface area contributed by atoms with E-state index >= 15 is 0 Å². The number of anilines is 1. The van der Waals surface area contributed by atoms with Crippen molar-refractivity contribution in [1.29, 1.82) is 0 Å². The summed E-state index contributed by atoms with van der Waals surface area (Å²) in [6.45, 7) is 0. The van der Waals surface area contributed by atoms with Crippen LogP contribution in [0.15, 0.2) is 36.5 Å². The average Bonchev–Trinajstić information content (AvgIpc) is 2.76. The zero-order valence-electron chi connectivity index (χ0n) is 8.31. The lowest BCUT2D eigenvalue weighted by Gasteiger charge is -2.07. The Morgan fingerprint density at radius 3 is 3.12 bits per heavy atom. The van der Waals surface area contributed by atoms with Gasteiger partial charge in [-0.15, -0.1) is 0 Å². The molecule has 1 aromatic carbocycles. The number of nitrogens with two attached hydrogens (primary N) is 1. The molecule has 0 aliphatic carbocycles. The summed E-state index contributed by atoms with van der Waals surface area (Å²) >= 11 is 0. The Kier molecular flexibility index (Phi) is 1.81. The molecule has 5 heteroatoms. The summed E-state index contributed by atoms with van der Waals surface area (Å²) in [5.74, 6) is 5.60. The largest absolute Gasteiger partial charge is 0.312 e. The number of aromatic nitrogens is 2. The van der Waals surface area contributed by atoms with E-state index in [4.69, 9.17) is 5.84 Å². The van der Waals surface area contributed by atoms with Crippen molar-refractivity contribution in [2.45, 2.75) is 0 Å². The number of nitrogens with one attached hydrogen (secondary N) is 1. The lowest BCUT2D eigenvalue weighted by Crippen LogP contribution is -2.10. The first-order chi connectivity index (χ1) is 7.79. The second-order valence-electron chi connectivity index (χ2n) is 3.50. The number of fused-ring (bicyclic) bond motifs is 3. The number of nitrogen functional groups attached to an aromatic ring is 1. The molecule has 4 nitrogen and oxygen atoms in total. The van der Waals surface area contributed by atoms with E-state index in [9.17, 15) is 4.39 Å². The van der Waals surface area contributed by atoms with Crippen LogP contribution in [0.3, 0.4) is 0 Å². The van der Waals surface area contributed by atoms with Gasteiger partial charge >= 0.3 is 0 Å². The second-order valence-corrected chi connectivity index (χ2v) is 3.50. The van der Waals surface area contributed by atoms with E-state index in [-0.39, 0.29) is 5.82 Å². The number of hydrazine groups is 1. The van der Waals surface area contributed by atoms with Crippen LogP contribution in [0.25, 0.3) is 16.6 Å². The maximum absolute atomic E-state index is 13.1. The van der Waals surface area contributed by atoms with Gasteiger partial charge in [0.05, 0.1) is 16.6 Å². The maximum atomic E-state index is 13.1. The lowest BCUT2D eigenvalue weighted by atomic mass is 10.3. The molecule has 0 bridgehead atoms. The second kappa shape index (κ2) is 3.18. The van der Waals surface area contributed by atoms with Gasteiger partial charge in [-0.3, -0.25) is 0 Å². The third-order valence-corrected chi connectivity index (χ3v) is 2.56. The summed E-state index contributed by atoms with van der Waals surface area (Å²) < 4.78 is 15.0. The molecular formula is C11H9FN4. The van der Waals surface area contributed by atoms with Crippen molar-refractivity contribution in [3.63, 3.8) is 0 Å². The summed E-state index contributed by atoms with van der Waals surface area (Å²) in [5.41, 5.74) is 4.79. The Morgan fingerprint density at radius 1 is 1.44 bits per heavy atom. The van der Waals surface area contributed by atoms with E-state index < -0.39 is 0 Å². The van der Waals surface area contributed by atoms with Gasteiger partial charge in [-0.25, -0.2) is 15.2 Å². The van der Waals surface area contributed by atoms with Gasteiger partial charge in [0.25, 0.3) is 0 Å². The third kappa shape index (κ3) is 1.15. The molecule has 16 heavy (non-hydrogen) atoms. The SMILES string of the molecule is NNc1nc2cc(F)ccc2n2ccc[14c]12. The number of rotatable bonds is 1. The molecule has 0 unspecified atom stereocenters. The van der Waals surface area contributed by atoms with Crippen molar-refractivity contribution >= 4 is 22.4 Å². The summed E-state index contributed by atoms with van der Waals surface area (Å²) in [5, 5.41) is 0. The van der Waals surface area contributed by atoms with Gasteiger partial charge in [-0.05, 0) is 24.3 Å². The van der Waals surface area contributed by atoms with Crippen LogP contribution in [0.2, 0.25) is 0 Å². The topological polar surface area (TPSA) is 55.3 Å². The molecule has 0 atom stereocenters. The highest BCUT2D eigenvalue weighted by atomic mass is 19.1. The Bertz CT molecular complexity index is 674. The molecule has 0 fully saturated rings. The van der Waals surface area contributed by atoms with E-state index in [1.54, 1.807) is 6.07 Å². The highest BCUT2D eigenvalue weighted by molar-refractivity contribution is 5.84. The Hall–Kier alpha value is -2.14. The molecule has 3 aromatic rings. The number of hydrogen-bond acceptors (Lipinski definition) is 3. The normalized spacial score (nSPS) is 11.1. The van der Waals surface area contributed by atoms with Gasteiger partial charge in [-0.2, -0.15) is 0 Å². The zero-order chi connectivity index (χ0) is 11.1. The van der Waals surface area contributed by atoms with Crippen LogP contribution in [-0.2, 0) is 0 Å². The van der Waals surface area contributed by atoms with Gasteiger partial charge in [0.1, 0.15) is 5.82 Å². The zero-order valence-corrected chi connectivity index (χ0v) is 8.31. The van der Waals surface area contributed by atoms with Crippen molar-refractivity contribution in [2.75, 3.05) is 5.43 Å². The van der Waals surface area contributed by atoms with Crippen LogP contribution < -0.4 is 11.3 Å². The highest BCUT2D eigenvalue weighted by Crippen LogP contribution is 2.22. The molecule has 0 amide bonds. The minimum absolute atomic E-state index is 0.311. The fourth-order valence-corrected chi connectivity index (χ4v) is 1.86. The standard InChI is InChI=1S/C11H9FN4/c12-7-3-4-9-8(6-7)14-11(15-13)10-2-1-5-16(9)10/h1-6H,13H2,(H,14,15)/i10+2. The summed E-state index contributed by atoms with van der Waals surface area (Å²) in [7, 11) is 0. The lowest BCUT2D eigenvalue weighted by molar-refractivity contribution is 0.629. The highest BCUT2D eigenvalue weighted by Gasteiger charge is 2.07. The first-order valence-corrected chi connectivity index (χ1v) is 4.82. The quantitative estimate of drug-likeness (QED) is 0.484. The van der Waals surface area contributed by atoms with Crippen molar-refractivity contribution in [3.05, 3.63) is 42.3 Å². The van der Waals surface area contributed by atoms with Crippen molar-refractivity contribution in [3.8, 4) is 0 Å². The van der Waals surface area contributed by atoms with E-state index in [1.807, 2.05) is 22.7 Å². The summed E-state index contributed by atoms with van der Waals surface area (Å²) in [6.07, 6.45) is 1.89. The van der Waals surface area contributed by atoms with Crippen molar-refractivity contribution < 1.29 is 4.39 Å². The molecule has 0 spiro atoms. The summed E-state index contributed by atoms with van der Waals surface area (Å²) in [6, 6.07) is 8.28. The maximum Gasteiger partial charge on any atom is 0.165 e. The van der Waals surface area contributed by atoms with Crippen molar-refractivity contribution in [2.24, 2.45) is 5.84 Å². The van der Waals surface area contributed by atoms with Crippen molar-refractivity contribution in [1.82, 2.24) is 9.38 Å². The third-order valence-electron chi connectivity index (χ3n) is 2.56. The predicted molar refractivity (Wildman–Crippen MR) is 60.5 cm³/mol. The van der Waals surface area contributed by atoms with Gasteiger partial charge in [0, 0.05) is 12.3 Å². The van der Waals surface area contributed by atoms with Crippen LogP contribution in [-0.4, -0.2) is 9.38 Å². The number of halogens is 1. The smallest absolute Gasteiger partial charge is 0.165 e. The summed E-state index contributed by atoms with van der Waals surface area (Å²) in [4.78, 5) is 4.26. The van der Waals surface area contributed by atoms with Gasteiger partial charge in [0.2, 0.25) is 0 Å². The van der Waals surface area contributed by atoms with Crippen LogP contribution in [0.4, 0.5) is 10.2 Å². The minimum atomic E-state index is -0.311. The molecule has 0 aliphatic rings. The molecule has 3 N–H and O–H groups in total. The van der Waals surface area contributed by atoms with Gasteiger partial charge in [-0.1, -0.05) is 0 Å². The Morgan fingerprint density at radius 2 is 2.31 bits per heavy atom. The number of nitrogens with zero attached hydrogens (tertiary/aromatic N) is 2. The Labute approximate surface area is 90.5 Å². The molecule has 3 rings (SSSR count). The van der Waals surface area contributed by atoms with Crippen LogP contribution >= 0.6 is 0 Å². The van der Waals surface area contributed by atoms with Gasteiger partial charge < -0.3 is 9.83 Å². The van der Waals surface area contributed by atoms with E-state index in [1.165, 1.54) is 12.1 Å².